The molecule has 0 bridgehead atoms. The van der Waals surface area contributed by atoms with Gasteiger partial charge in [-0.15, -0.1) is 13.2 Å². The maximum absolute atomic E-state index is 13.2. The van der Waals surface area contributed by atoms with Gasteiger partial charge in [0.15, 0.2) is 5.75 Å². The third kappa shape index (κ3) is 6.19. The van der Waals surface area contributed by atoms with Crippen LogP contribution in [0.3, 0.4) is 0 Å². The number of likely N-dealkylation sites (tertiary alicyclic amines) is 1. The number of anilines is 2. The molecule has 2 aromatic carbocycles. The number of ether oxygens (including phenoxy) is 1. The molecule has 1 aliphatic heterocycles. The SMILES string of the molecule is CC(C)c1cccc2cnc(Nc3ccc(C(=O)NC4CCN(C)CC4)cc3OC(F)(F)F)nc12. The molecule has 0 aliphatic carbocycles. The van der Waals surface area contributed by atoms with Gasteiger partial charge in [0.2, 0.25) is 5.95 Å². The van der Waals surface area contributed by atoms with Gasteiger partial charge in [-0.2, -0.15) is 0 Å². The molecule has 2 heterocycles. The van der Waals surface area contributed by atoms with Gasteiger partial charge in [-0.1, -0.05) is 32.0 Å². The molecule has 2 N–H and O–H groups in total. The Morgan fingerprint density at radius 3 is 2.60 bits per heavy atom. The van der Waals surface area contributed by atoms with Gasteiger partial charge in [0.1, 0.15) is 0 Å². The van der Waals surface area contributed by atoms with Crippen LogP contribution in [-0.2, 0) is 0 Å². The highest BCUT2D eigenvalue weighted by atomic mass is 19.4. The average molecular weight is 488 g/mol. The maximum Gasteiger partial charge on any atom is 0.573 e. The summed E-state index contributed by atoms with van der Waals surface area (Å²) < 4.78 is 43.7. The number of carbonyl (C=O) groups is 1. The summed E-state index contributed by atoms with van der Waals surface area (Å²) in [4.78, 5) is 23.7. The third-order valence-corrected chi connectivity index (χ3v) is 6.03. The molecule has 35 heavy (non-hydrogen) atoms. The first-order valence-corrected chi connectivity index (χ1v) is 11.5. The summed E-state index contributed by atoms with van der Waals surface area (Å²) >= 11 is 0. The highest BCUT2D eigenvalue weighted by Gasteiger charge is 2.33. The minimum atomic E-state index is -4.94. The molecule has 0 spiro atoms. The quantitative estimate of drug-likeness (QED) is 0.496. The monoisotopic (exact) mass is 487 g/mol. The van der Waals surface area contributed by atoms with Gasteiger partial charge in [-0.3, -0.25) is 4.79 Å². The summed E-state index contributed by atoms with van der Waals surface area (Å²) in [5, 5.41) is 6.55. The van der Waals surface area contributed by atoms with Gasteiger partial charge in [-0.25, -0.2) is 9.97 Å². The van der Waals surface area contributed by atoms with Gasteiger partial charge < -0.3 is 20.3 Å². The van der Waals surface area contributed by atoms with Crippen LogP contribution in [-0.4, -0.2) is 53.3 Å². The Morgan fingerprint density at radius 2 is 1.91 bits per heavy atom. The fourth-order valence-corrected chi connectivity index (χ4v) is 4.12. The smallest absolute Gasteiger partial charge is 0.404 e. The van der Waals surface area contributed by atoms with E-state index in [2.05, 4.69) is 30.2 Å². The van der Waals surface area contributed by atoms with E-state index >= 15 is 0 Å². The average Bonchev–Trinajstić information content (AvgIpc) is 2.80. The first-order chi connectivity index (χ1) is 16.6. The first-order valence-electron chi connectivity index (χ1n) is 11.5. The van der Waals surface area contributed by atoms with Crippen LogP contribution >= 0.6 is 0 Å². The summed E-state index contributed by atoms with van der Waals surface area (Å²) in [6.45, 7) is 5.77. The van der Waals surface area contributed by atoms with Gasteiger partial charge in [0.25, 0.3) is 5.91 Å². The molecular formula is C25H28F3N5O2. The molecule has 4 rings (SSSR count). The van der Waals surface area contributed by atoms with Crippen molar-refractivity contribution in [2.75, 3.05) is 25.5 Å². The lowest BCUT2D eigenvalue weighted by Gasteiger charge is -2.29. The van der Waals surface area contributed by atoms with Crippen molar-refractivity contribution in [3.05, 3.63) is 53.7 Å². The number of rotatable bonds is 6. The number of fused-ring (bicyclic) bond motifs is 1. The Bertz CT molecular complexity index is 1210. The van der Waals surface area contributed by atoms with Crippen LogP contribution in [0.4, 0.5) is 24.8 Å². The van der Waals surface area contributed by atoms with Crippen molar-refractivity contribution in [1.29, 1.82) is 0 Å². The molecule has 3 aromatic rings. The third-order valence-electron chi connectivity index (χ3n) is 6.03. The summed E-state index contributed by atoms with van der Waals surface area (Å²) in [6.07, 6.45) is -1.75. The fraction of sp³-hybridized carbons (Fsp3) is 0.400. The molecule has 1 aliphatic rings. The second-order valence-corrected chi connectivity index (χ2v) is 9.07. The van der Waals surface area contributed by atoms with Crippen molar-refractivity contribution >= 4 is 28.4 Å². The number of piperidine rings is 1. The lowest BCUT2D eigenvalue weighted by atomic mass is 10.0. The van der Waals surface area contributed by atoms with Crippen LogP contribution in [0, 0.1) is 0 Å². The molecule has 0 radical (unpaired) electrons. The lowest BCUT2D eigenvalue weighted by molar-refractivity contribution is -0.274. The van der Waals surface area contributed by atoms with E-state index in [1.165, 1.54) is 12.1 Å². The number of halogens is 3. The molecule has 10 heteroatoms. The molecule has 7 nitrogen and oxygen atoms in total. The molecule has 0 unspecified atom stereocenters. The molecule has 186 valence electrons. The van der Waals surface area contributed by atoms with Crippen LogP contribution in [0.1, 0.15) is 48.5 Å². The zero-order valence-corrected chi connectivity index (χ0v) is 19.8. The highest BCUT2D eigenvalue weighted by molar-refractivity contribution is 5.95. The van der Waals surface area contributed by atoms with E-state index in [0.717, 1.165) is 42.9 Å². The van der Waals surface area contributed by atoms with E-state index in [9.17, 15) is 18.0 Å². The van der Waals surface area contributed by atoms with E-state index in [1.807, 2.05) is 39.1 Å². The fourth-order valence-electron chi connectivity index (χ4n) is 4.12. The number of nitrogens with one attached hydrogen (secondary N) is 2. The van der Waals surface area contributed by atoms with Crippen molar-refractivity contribution in [1.82, 2.24) is 20.2 Å². The standard InChI is InChI=1S/C25H28F3N5O2/c1-15(2)19-6-4-5-17-14-29-24(32-22(17)19)31-20-8-7-16(13-21(20)35-25(26,27)28)23(34)30-18-9-11-33(3)12-10-18/h4-8,13-15,18H,9-12H2,1-3H3,(H,30,34)(H,29,31,32). The minimum absolute atomic E-state index is 0.000422. The molecule has 1 aromatic heterocycles. The predicted molar refractivity (Wildman–Crippen MR) is 128 cm³/mol. The second-order valence-electron chi connectivity index (χ2n) is 9.07. The van der Waals surface area contributed by atoms with E-state index in [0.29, 0.717) is 5.52 Å². The van der Waals surface area contributed by atoms with Crippen LogP contribution in [0.2, 0.25) is 0 Å². The van der Waals surface area contributed by atoms with E-state index in [4.69, 9.17) is 0 Å². The zero-order chi connectivity index (χ0) is 25.2. The summed E-state index contributed by atoms with van der Waals surface area (Å²) in [7, 11) is 2.01. The number of para-hydroxylation sites is 1. The van der Waals surface area contributed by atoms with Crippen molar-refractivity contribution in [2.45, 2.75) is 45.0 Å². The van der Waals surface area contributed by atoms with E-state index in [-0.39, 0.29) is 29.2 Å². The number of nitrogens with zero attached hydrogens (tertiary/aromatic N) is 3. The lowest BCUT2D eigenvalue weighted by Crippen LogP contribution is -2.43. The molecular weight excluding hydrogens is 459 g/mol. The number of hydrogen-bond acceptors (Lipinski definition) is 6. The number of hydrogen-bond donors (Lipinski definition) is 2. The van der Waals surface area contributed by atoms with Crippen LogP contribution < -0.4 is 15.4 Å². The zero-order valence-electron chi connectivity index (χ0n) is 19.8. The Labute approximate surface area is 201 Å². The number of benzene rings is 2. The second kappa shape index (κ2) is 10.1. The van der Waals surface area contributed by atoms with Crippen molar-refractivity contribution in [3.8, 4) is 5.75 Å². The van der Waals surface area contributed by atoms with Gasteiger partial charge in [0, 0.05) is 23.2 Å². The van der Waals surface area contributed by atoms with Crippen molar-refractivity contribution in [3.63, 3.8) is 0 Å². The summed E-state index contributed by atoms with van der Waals surface area (Å²) in [6, 6.07) is 9.63. The minimum Gasteiger partial charge on any atom is -0.404 e. The first kappa shape index (κ1) is 24.7. The largest absolute Gasteiger partial charge is 0.573 e. The molecule has 1 saturated heterocycles. The topological polar surface area (TPSA) is 79.4 Å². The van der Waals surface area contributed by atoms with Crippen LogP contribution in [0.15, 0.2) is 42.6 Å². The van der Waals surface area contributed by atoms with Crippen LogP contribution in [0.25, 0.3) is 10.9 Å². The Morgan fingerprint density at radius 1 is 1.17 bits per heavy atom. The van der Waals surface area contributed by atoms with Crippen LogP contribution in [0.5, 0.6) is 5.75 Å². The maximum atomic E-state index is 13.2. The number of carbonyl (C=O) groups excluding carboxylic acids is 1. The number of amides is 1. The summed E-state index contributed by atoms with van der Waals surface area (Å²) in [5.74, 6) is -0.648. The summed E-state index contributed by atoms with van der Waals surface area (Å²) in [5.41, 5.74) is 1.79. The molecule has 0 saturated carbocycles. The predicted octanol–water partition coefficient (Wildman–Crippen LogP) is 5.22. The van der Waals surface area contributed by atoms with Crippen molar-refractivity contribution < 1.29 is 22.7 Å². The Kier molecular flexibility index (Phi) is 7.11. The van der Waals surface area contributed by atoms with Gasteiger partial charge in [0.05, 0.1) is 11.2 Å². The van der Waals surface area contributed by atoms with E-state index < -0.39 is 18.0 Å². The molecule has 1 fully saturated rings. The Hall–Kier alpha value is -3.40. The highest BCUT2D eigenvalue weighted by Crippen LogP contribution is 2.33. The van der Waals surface area contributed by atoms with Gasteiger partial charge in [-0.05, 0) is 62.7 Å². The normalized spacial score (nSPS) is 15.4. The van der Waals surface area contributed by atoms with Gasteiger partial charge >= 0.3 is 6.36 Å². The molecule has 1 amide bonds. The van der Waals surface area contributed by atoms with E-state index in [1.54, 1.807) is 6.20 Å². The number of alkyl halides is 3. The molecule has 0 atom stereocenters. The Balaban J connectivity index is 1.60. The number of aromatic nitrogens is 2. The van der Waals surface area contributed by atoms with Crippen molar-refractivity contribution in [2.24, 2.45) is 0 Å².